The van der Waals surface area contributed by atoms with Gasteiger partial charge in [-0.2, -0.15) is 0 Å². The van der Waals surface area contributed by atoms with Crippen molar-refractivity contribution < 1.29 is 0 Å². The van der Waals surface area contributed by atoms with Gasteiger partial charge in [-0.15, -0.1) is 0 Å². The number of hydrogen-bond donors (Lipinski definition) is 1. The number of pyridine rings is 1. The summed E-state index contributed by atoms with van der Waals surface area (Å²) in [5, 5.41) is 0. The second-order valence-corrected chi connectivity index (χ2v) is 6.14. The third-order valence-electron chi connectivity index (χ3n) is 3.60. The normalized spacial score (nSPS) is 12.6. The van der Waals surface area contributed by atoms with Gasteiger partial charge in [0.15, 0.2) is 0 Å². The van der Waals surface area contributed by atoms with Crippen molar-refractivity contribution in [1.82, 2.24) is 4.57 Å². The Balaban J connectivity index is 2.09. The van der Waals surface area contributed by atoms with Gasteiger partial charge in [-0.3, -0.25) is 4.79 Å². The Kier molecular flexibility index (Phi) is 4.97. The number of hydrogen-bond acceptors (Lipinski definition) is 2. The molecule has 112 valence electrons. The molecule has 0 amide bonds. The SMILES string of the molecule is Cc1ccn(CC(N)c2ccc(CC(C)C)cc2)c(=O)c1. The molecule has 0 spiro atoms. The molecule has 0 aliphatic carbocycles. The van der Waals surface area contributed by atoms with Crippen LogP contribution in [0.3, 0.4) is 0 Å². The van der Waals surface area contributed by atoms with Gasteiger partial charge in [0.1, 0.15) is 0 Å². The largest absolute Gasteiger partial charge is 0.322 e. The van der Waals surface area contributed by atoms with Gasteiger partial charge < -0.3 is 10.3 Å². The molecule has 1 aromatic carbocycles. The van der Waals surface area contributed by atoms with E-state index in [1.54, 1.807) is 10.6 Å². The summed E-state index contributed by atoms with van der Waals surface area (Å²) in [6, 6.07) is 11.8. The molecule has 0 fully saturated rings. The maximum Gasteiger partial charge on any atom is 0.250 e. The van der Waals surface area contributed by atoms with Crippen LogP contribution >= 0.6 is 0 Å². The molecule has 2 N–H and O–H groups in total. The molecule has 0 aliphatic rings. The van der Waals surface area contributed by atoms with Crippen molar-refractivity contribution in [3.63, 3.8) is 0 Å². The van der Waals surface area contributed by atoms with Crippen molar-refractivity contribution in [2.24, 2.45) is 11.7 Å². The third-order valence-corrected chi connectivity index (χ3v) is 3.60. The van der Waals surface area contributed by atoms with Crippen LogP contribution in [0.5, 0.6) is 0 Å². The van der Waals surface area contributed by atoms with Crippen molar-refractivity contribution in [3.05, 3.63) is 69.6 Å². The first kappa shape index (κ1) is 15.5. The van der Waals surface area contributed by atoms with Crippen LogP contribution in [0.25, 0.3) is 0 Å². The molecular weight excluding hydrogens is 260 g/mol. The average Bonchev–Trinajstić information content (AvgIpc) is 2.42. The summed E-state index contributed by atoms with van der Waals surface area (Å²) in [5.41, 5.74) is 9.59. The van der Waals surface area contributed by atoms with Crippen molar-refractivity contribution in [2.75, 3.05) is 0 Å². The smallest absolute Gasteiger partial charge is 0.250 e. The minimum Gasteiger partial charge on any atom is -0.322 e. The summed E-state index contributed by atoms with van der Waals surface area (Å²) in [7, 11) is 0. The third kappa shape index (κ3) is 4.30. The van der Waals surface area contributed by atoms with E-state index < -0.39 is 0 Å². The zero-order valence-corrected chi connectivity index (χ0v) is 13.0. The zero-order chi connectivity index (χ0) is 15.4. The lowest BCUT2D eigenvalue weighted by Crippen LogP contribution is -2.26. The van der Waals surface area contributed by atoms with Gasteiger partial charge in [-0.1, -0.05) is 38.1 Å². The molecule has 2 rings (SSSR count). The lowest BCUT2D eigenvalue weighted by atomic mass is 9.99. The van der Waals surface area contributed by atoms with E-state index in [0.29, 0.717) is 12.5 Å². The molecule has 3 nitrogen and oxygen atoms in total. The van der Waals surface area contributed by atoms with Crippen LogP contribution in [0.15, 0.2) is 47.4 Å². The van der Waals surface area contributed by atoms with Crippen molar-refractivity contribution in [3.8, 4) is 0 Å². The van der Waals surface area contributed by atoms with Gasteiger partial charge >= 0.3 is 0 Å². The number of benzene rings is 1. The average molecular weight is 284 g/mol. The Labute approximate surface area is 126 Å². The molecule has 1 atom stereocenters. The summed E-state index contributed by atoms with van der Waals surface area (Å²) >= 11 is 0. The number of nitrogens with two attached hydrogens (primary N) is 1. The highest BCUT2D eigenvalue weighted by Crippen LogP contribution is 2.15. The summed E-state index contributed by atoms with van der Waals surface area (Å²) in [6.07, 6.45) is 2.89. The molecule has 1 heterocycles. The summed E-state index contributed by atoms with van der Waals surface area (Å²) in [5.74, 6) is 0.649. The molecule has 1 unspecified atom stereocenters. The topological polar surface area (TPSA) is 48.0 Å². The first-order chi connectivity index (χ1) is 9.95. The molecule has 1 aromatic heterocycles. The number of nitrogens with zero attached hydrogens (tertiary/aromatic N) is 1. The molecule has 21 heavy (non-hydrogen) atoms. The summed E-state index contributed by atoms with van der Waals surface area (Å²) in [4.78, 5) is 11.9. The Morgan fingerprint density at radius 3 is 2.38 bits per heavy atom. The van der Waals surface area contributed by atoms with Crippen LogP contribution in [-0.4, -0.2) is 4.57 Å². The minimum absolute atomic E-state index is 0.00174. The van der Waals surface area contributed by atoms with Crippen LogP contribution in [-0.2, 0) is 13.0 Å². The monoisotopic (exact) mass is 284 g/mol. The predicted octanol–water partition coefficient (Wildman–Crippen LogP) is 3.06. The molecular formula is C18H24N2O. The Morgan fingerprint density at radius 2 is 1.81 bits per heavy atom. The van der Waals surface area contributed by atoms with E-state index >= 15 is 0 Å². The second kappa shape index (κ2) is 6.72. The fourth-order valence-corrected chi connectivity index (χ4v) is 2.45. The number of aryl methyl sites for hydroxylation is 1. The van der Waals surface area contributed by atoms with E-state index in [-0.39, 0.29) is 11.6 Å². The molecule has 0 saturated heterocycles. The molecule has 0 saturated carbocycles. The standard InChI is InChI=1S/C18H24N2O/c1-13(2)10-15-4-6-16(7-5-15)17(19)12-20-9-8-14(3)11-18(20)21/h4-9,11,13,17H,10,12,19H2,1-3H3. The maximum absolute atomic E-state index is 11.9. The Bertz CT molecular complexity index is 641. The minimum atomic E-state index is -0.168. The second-order valence-electron chi connectivity index (χ2n) is 6.14. The first-order valence-corrected chi connectivity index (χ1v) is 7.47. The highest BCUT2D eigenvalue weighted by atomic mass is 16.1. The fourth-order valence-electron chi connectivity index (χ4n) is 2.45. The van der Waals surface area contributed by atoms with Gasteiger partial charge in [0, 0.05) is 24.8 Å². The highest BCUT2D eigenvalue weighted by Gasteiger charge is 2.08. The maximum atomic E-state index is 11.9. The lowest BCUT2D eigenvalue weighted by molar-refractivity contribution is 0.561. The van der Waals surface area contributed by atoms with Gasteiger partial charge in [0.25, 0.3) is 5.56 Å². The molecule has 0 radical (unpaired) electrons. The van der Waals surface area contributed by atoms with Crippen molar-refractivity contribution >= 4 is 0 Å². The van der Waals surface area contributed by atoms with E-state index in [2.05, 4.69) is 38.1 Å². The molecule has 0 bridgehead atoms. The van der Waals surface area contributed by atoms with E-state index in [4.69, 9.17) is 5.73 Å². The Morgan fingerprint density at radius 1 is 1.14 bits per heavy atom. The van der Waals surface area contributed by atoms with Gasteiger partial charge in [-0.05, 0) is 42.0 Å². The quantitative estimate of drug-likeness (QED) is 0.917. The first-order valence-electron chi connectivity index (χ1n) is 7.47. The molecule has 3 heteroatoms. The molecule has 0 aliphatic heterocycles. The predicted molar refractivity (Wildman–Crippen MR) is 87.4 cm³/mol. The van der Waals surface area contributed by atoms with Gasteiger partial charge in [0.2, 0.25) is 0 Å². The number of aromatic nitrogens is 1. The number of rotatable bonds is 5. The van der Waals surface area contributed by atoms with Crippen LogP contribution in [0.4, 0.5) is 0 Å². The van der Waals surface area contributed by atoms with E-state index in [1.807, 2.05) is 19.2 Å². The molecule has 2 aromatic rings. The zero-order valence-electron chi connectivity index (χ0n) is 13.0. The Hall–Kier alpha value is -1.87. The van der Waals surface area contributed by atoms with Gasteiger partial charge in [-0.25, -0.2) is 0 Å². The van der Waals surface area contributed by atoms with Crippen LogP contribution < -0.4 is 11.3 Å². The lowest BCUT2D eigenvalue weighted by Gasteiger charge is -2.15. The van der Waals surface area contributed by atoms with Crippen molar-refractivity contribution in [1.29, 1.82) is 0 Å². The van der Waals surface area contributed by atoms with Crippen molar-refractivity contribution in [2.45, 2.75) is 39.8 Å². The van der Waals surface area contributed by atoms with E-state index in [0.717, 1.165) is 17.5 Å². The fraction of sp³-hybridized carbons (Fsp3) is 0.389. The summed E-state index contributed by atoms with van der Waals surface area (Å²) in [6.45, 7) is 6.84. The van der Waals surface area contributed by atoms with Gasteiger partial charge in [0.05, 0.1) is 0 Å². The van der Waals surface area contributed by atoms with Crippen LogP contribution in [0, 0.1) is 12.8 Å². The highest BCUT2D eigenvalue weighted by molar-refractivity contribution is 5.25. The van der Waals surface area contributed by atoms with E-state index in [1.165, 1.54) is 5.56 Å². The van der Waals surface area contributed by atoms with Crippen LogP contribution in [0.2, 0.25) is 0 Å². The summed E-state index contributed by atoms with van der Waals surface area (Å²) < 4.78 is 1.67. The van der Waals surface area contributed by atoms with Crippen LogP contribution in [0.1, 0.15) is 36.6 Å². The van der Waals surface area contributed by atoms with E-state index in [9.17, 15) is 4.79 Å².